The Labute approximate surface area is 176 Å². The number of carbonyl (C=O) groups is 1. The van der Waals surface area contributed by atoms with Gasteiger partial charge in [-0.05, 0) is 30.3 Å². The van der Waals surface area contributed by atoms with Crippen LogP contribution in [0.3, 0.4) is 0 Å². The second-order valence-corrected chi connectivity index (χ2v) is 7.23. The molecule has 30 heavy (non-hydrogen) atoms. The maximum atomic E-state index is 12.4. The van der Waals surface area contributed by atoms with Crippen molar-refractivity contribution in [2.45, 2.75) is 0 Å². The third kappa shape index (κ3) is 4.50. The molecule has 1 aromatic heterocycles. The van der Waals surface area contributed by atoms with Gasteiger partial charge in [0.25, 0.3) is 11.6 Å². The normalized spacial score (nSPS) is 10.4. The highest BCUT2D eigenvalue weighted by molar-refractivity contribution is 7.14. The maximum Gasteiger partial charge on any atom is 0.271 e. The Morgan fingerprint density at radius 2 is 1.70 bits per heavy atom. The molecule has 0 bridgehead atoms. The molecule has 1 amide bonds. The number of thiazole rings is 1. The highest BCUT2D eigenvalue weighted by Crippen LogP contribution is 2.29. The van der Waals surface area contributed by atoms with Crippen LogP contribution in [0.4, 0.5) is 22.2 Å². The summed E-state index contributed by atoms with van der Waals surface area (Å²) in [5, 5.41) is 19.4. The first-order valence-corrected chi connectivity index (χ1v) is 9.90. The molecule has 3 aromatic carbocycles. The van der Waals surface area contributed by atoms with Crippen molar-refractivity contribution in [2.24, 2.45) is 0 Å². The molecule has 0 fully saturated rings. The molecule has 2 N–H and O–H groups in total. The first-order chi connectivity index (χ1) is 14.6. The van der Waals surface area contributed by atoms with E-state index in [2.05, 4.69) is 15.6 Å². The predicted octanol–water partition coefficient (Wildman–Crippen LogP) is 5.71. The summed E-state index contributed by atoms with van der Waals surface area (Å²) in [5.41, 5.74) is 3.45. The van der Waals surface area contributed by atoms with Gasteiger partial charge in [-0.25, -0.2) is 4.98 Å². The van der Waals surface area contributed by atoms with Crippen LogP contribution in [0, 0.1) is 10.1 Å². The van der Waals surface area contributed by atoms with Gasteiger partial charge in [0.1, 0.15) is 0 Å². The first kappa shape index (κ1) is 19.3. The van der Waals surface area contributed by atoms with Crippen molar-refractivity contribution in [3.63, 3.8) is 0 Å². The second kappa shape index (κ2) is 8.54. The zero-order valence-electron chi connectivity index (χ0n) is 15.6. The van der Waals surface area contributed by atoms with E-state index in [1.165, 1.54) is 23.5 Å². The molecule has 148 valence electrons. The van der Waals surface area contributed by atoms with Gasteiger partial charge in [-0.1, -0.05) is 36.4 Å². The number of amides is 1. The molecule has 4 rings (SSSR count). The molecule has 8 heteroatoms. The number of nitro groups is 1. The monoisotopic (exact) mass is 416 g/mol. The summed E-state index contributed by atoms with van der Waals surface area (Å²) in [4.78, 5) is 27.4. The zero-order valence-corrected chi connectivity index (χ0v) is 16.4. The van der Waals surface area contributed by atoms with Crippen LogP contribution in [-0.4, -0.2) is 15.8 Å². The predicted molar refractivity (Wildman–Crippen MR) is 118 cm³/mol. The fraction of sp³-hybridized carbons (Fsp3) is 0. The first-order valence-electron chi connectivity index (χ1n) is 9.02. The summed E-state index contributed by atoms with van der Waals surface area (Å²) in [6.45, 7) is 0. The van der Waals surface area contributed by atoms with E-state index in [9.17, 15) is 14.9 Å². The molecule has 0 saturated carbocycles. The second-order valence-electron chi connectivity index (χ2n) is 6.37. The molecule has 0 radical (unpaired) electrons. The van der Waals surface area contributed by atoms with Crippen LogP contribution in [0.2, 0.25) is 0 Å². The van der Waals surface area contributed by atoms with Crippen molar-refractivity contribution in [3.05, 3.63) is 99.9 Å². The van der Waals surface area contributed by atoms with Crippen LogP contribution in [0.25, 0.3) is 11.3 Å². The van der Waals surface area contributed by atoms with Gasteiger partial charge in [0.15, 0.2) is 5.13 Å². The van der Waals surface area contributed by atoms with Crippen LogP contribution in [0.5, 0.6) is 0 Å². The minimum Gasteiger partial charge on any atom is -0.331 e. The lowest BCUT2D eigenvalue weighted by atomic mass is 10.1. The molecule has 1 heterocycles. The van der Waals surface area contributed by atoms with Gasteiger partial charge in [-0.2, -0.15) is 0 Å². The molecule has 0 aliphatic heterocycles. The van der Waals surface area contributed by atoms with Crippen molar-refractivity contribution >= 4 is 39.4 Å². The lowest BCUT2D eigenvalue weighted by molar-refractivity contribution is -0.384. The average Bonchev–Trinajstić information content (AvgIpc) is 3.23. The lowest BCUT2D eigenvalue weighted by Gasteiger charge is -2.06. The molecule has 0 aliphatic carbocycles. The summed E-state index contributed by atoms with van der Waals surface area (Å²) in [7, 11) is 0. The van der Waals surface area contributed by atoms with Gasteiger partial charge < -0.3 is 10.6 Å². The number of non-ortho nitro benzene ring substituents is 1. The number of benzene rings is 3. The van der Waals surface area contributed by atoms with Gasteiger partial charge in [-0.3, -0.25) is 14.9 Å². The molecule has 0 saturated heterocycles. The number of carbonyl (C=O) groups excluding carboxylic acids is 1. The molecule has 0 spiro atoms. The average molecular weight is 416 g/mol. The number of nitrogens with one attached hydrogen (secondary N) is 2. The Kier molecular flexibility index (Phi) is 5.49. The summed E-state index contributed by atoms with van der Waals surface area (Å²) >= 11 is 1.39. The Morgan fingerprint density at radius 1 is 0.933 bits per heavy atom. The van der Waals surface area contributed by atoms with E-state index in [1.54, 1.807) is 24.3 Å². The third-order valence-electron chi connectivity index (χ3n) is 4.26. The molecular weight excluding hydrogens is 400 g/mol. The molecule has 0 aliphatic rings. The Balaban J connectivity index is 1.50. The van der Waals surface area contributed by atoms with Gasteiger partial charge in [0.2, 0.25) is 0 Å². The zero-order chi connectivity index (χ0) is 20.9. The van der Waals surface area contributed by atoms with Crippen molar-refractivity contribution in [1.82, 2.24) is 4.98 Å². The number of rotatable bonds is 6. The van der Waals surface area contributed by atoms with E-state index >= 15 is 0 Å². The highest BCUT2D eigenvalue weighted by atomic mass is 32.1. The molecular formula is C22H16N4O3S. The fourth-order valence-electron chi connectivity index (χ4n) is 2.83. The maximum absolute atomic E-state index is 12.4. The van der Waals surface area contributed by atoms with Crippen LogP contribution in [0.15, 0.2) is 84.2 Å². The summed E-state index contributed by atoms with van der Waals surface area (Å²) < 4.78 is 0. The smallest absolute Gasteiger partial charge is 0.271 e. The Morgan fingerprint density at radius 3 is 2.50 bits per heavy atom. The van der Waals surface area contributed by atoms with Crippen LogP contribution >= 0.6 is 11.3 Å². The molecule has 7 nitrogen and oxygen atoms in total. The van der Waals surface area contributed by atoms with Crippen LogP contribution in [-0.2, 0) is 0 Å². The summed E-state index contributed by atoms with van der Waals surface area (Å²) in [6, 6.07) is 22.7. The van der Waals surface area contributed by atoms with E-state index in [0.717, 1.165) is 11.3 Å². The number of nitro benzene ring substituents is 1. The van der Waals surface area contributed by atoms with E-state index in [4.69, 9.17) is 0 Å². The SMILES string of the molecule is O=C(Nc1cccc(-c2csc(Nc3cccc([N+](=O)[O-])c3)n2)c1)c1ccccc1. The fourth-order valence-corrected chi connectivity index (χ4v) is 3.57. The van der Waals surface area contributed by atoms with E-state index in [0.29, 0.717) is 22.1 Å². The quantitative estimate of drug-likeness (QED) is 0.310. The van der Waals surface area contributed by atoms with E-state index in [-0.39, 0.29) is 11.6 Å². The van der Waals surface area contributed by atoms with Crippen LogP contribution in [0.1, 0.15) is 10.4 Å². The topological polar surface area (TPSA) is 97.2 Å². The number of nitrogens with zero attached hydrogens (tertiary/aromatic N) is 2. The number of anilines is 3. The molecule has 0 unspecified atom stereocenters. The standard InChI is InChI=1S/C22H16N4O3S/c27-21(15-6-2-1-3-7-15)23-17-9-4-8-16(12-17)20-14-30-22(25-20)24-18-10-5-11-19(13-18)26(28)29/h1-14H,(H,23,27)(H,24,25). The number of hydrogen-bond acceptors (Lipinski definition) is 6. The summed E-state index contributed by atoms with van der Waals surface area (Å²) in [5.74, 6) is -0.181. The van der Waals surface area contributed by atoms with Crippen molar-refractivity contribution in [1.29, 1.82) is 0 Å². The van der Waals surface area contributed by atoms with Gasteiger partial charge in [0, 0.05) is 40.0 Å². The lowest BCUT2D eigenvalue weighted by Crippen LogP contribution is -2.11. The third-order valence-corrected chi connectivity index (χ3v) is 5.02. The number of aromatic nitrogens is 1. The highest BCUT2D eigenvalue weighted by Gasteiger charge is 2.10. The molecule has 4 aromatic rings. The van der Waals surface area contributed by atoms with Gasteiger partial charge >= 0.3 is 0 Å². The van der Waals surface area contributed by atoms with Gasteiger partial charge in [0.05, 0.1) is 10.6 Å². The van der Waals surface area contributed by atoms with Crippen molar-refractivity contribution in [3.8, 4) is 11.3 Å². The Hall–Kier alpha value is -4.04. The molecule has 0 atom stereocenters. The van der Waals surface area contributed by atoms with Crippen molar-refractivity contribution in [2.75, 3.05) is 10.6 Å². The Bertz CT molecular complexity index is 1210. The van der Waals surface area contributed by atoms with E-state index < -0.39 is 4.92 Å². The van der Waals surface area contributed by atoms with Crippen LogP contribution < -0.4 is 10.6 Å². The largest absolute Gasteiger partial charge is 0.331 e. The number of hydrogen-bond donors (Lipinski definition) is 2. The minimum absolute atomic E-state index is 0.0126. The van der Waals surface area contributed by atoms with Gasteiger partial charge in [-0.15, -0.1) is 11.3 Å². The van der Waals surface area contributed by atoms with E-state index in [1.807, 2.05) is 47.8 Å². The minimum atomic E-state index is -0.437. The summed E-state index contributed by atoms with van der Waals surface area (Å²) in [6.07, 6.45) is 0. The van der Waals surface area contributed by atoms with Crippen molar-refractivity contribution < 1.29 is 9.72 Å².